The molecule has 2 aromatic rings. The molecule has 0 unspecified atom stereocenters. The molecule has 0 aromatic carbocycles. The van der Waals surface area contributed by atoms with Crippen LogP contribution in [0.5, 0.6) is 0 Å². The zero-order valence-corrected chi connectivity index (χ0v) is 13.0. The van der Waals surface area contributed by atoms with Gasteiger partial charge >= 0.3 is 5.69 Å². The molecule has 1 N–H and O–H groups in total. The zero-order valence-electron chi connectivity index (χ0n) is 10.6. The largest absolute Gasteiger partial charge is 0.330 e. The van der Waals surface area contributed by atoms with E-state index in [9.17, 15) is 9.59 Å². The first kappa shape index (κ1) is 14.2. The molecule has 0 atom stereocenters. The molecule has 0 saturated carbocycles. The average Bonchev–Trinajstić information content (AvgIpc) is 2.79. The van der Waals surface area contributed by atoms with Crippen molar-refractivity contribution < 1.29 is 0 Å². The van der Waals surface area contributed by atoms with Gasteiger partial charge in [0.05, 0.1) is 3.79 Å². The van der Waals surface area contributed by atoms with E-state index < -0.39 is 0 Å². The van der Waals surface area contributed by atoms with Gasteiger partial charge in [0, 0.05) is 43.8 Å². The summed E-state index contributed by atoms with van der Waals surface area (Å²) >= 11 is 5.06. The first-order valence-electron chi connectivity index (χ1n) is 5.69. The third-order valence-electron chi connectivity index (χ3n) is 2.76. The van der Waals surface area contributed by atoms with Crippen molar-refractivity contribution in [2.45, 2.75) is 13.1 Å². The van der Waals surface area contributed by atoms with Crippen LogP contribution >= 0.6 is 27.3 Å². The number of nitrogens with one attached hydrogen (secondary N) is 1. The lowest BCUT2D eigenvalue weighted by Gasteiger charge is -2.07. The highest BCUT2D eigenvalue weighted by Gasteiger charge is 2.06. The molecular weight excluding hydrogens is 330 g/mol. The second-order valence-corrected chi connectivity index (χ2v) is 6.77. The highest BCUT2D eigenvalue weighted by molar-refractivity contribution is 9.11. The summed E-state index contributed by atoms with van der Waals surface area (Å²) in [6, 6.07) is 4.02. The molecule has 0 aliphatic carbocycles. The normalized spacial score (nSPS) is 10.9. The van der Waals surface area contributed by atoms with Crippen LogP contribution in [0.15, 0.2) is 31.7 Å². The molecule has 0 amide bonds. The minimum absolute atomic E-state index is 0.247. The van der Waals surface area contributed by atoms with Crippen LogP contribution in [0.2, 0.25) is 0 Å². The van der Waals surface area contributed by atoms with E-state index in [2.05, 4.69) is 21.2 Å². The highest BCUT2D eigenvalue weighted by atomic mass is 79.9. The van der Waals surface area contributed by atoms with Crippen molar-refractivity contribution in [2.75, 3.05) is 0 Å². The summed E-state index contributed by atoms with van der Waals surface area (Å²) in [5.74, 6) is 0. The van der Waals surface area contributed by atoms with Crippen molar-refractivity contribution in [3.05, 3.63) is 53.4 Å². The summed E-state index contributed by atoms with van der Waals surface area (Å²) in [7, 11) is 3.13. The van der Waals surface area contributed by atoms with Crippen LogP contribution < -0.4 is 16.6 Å². The van der Waals surface area contributed by atoms with E-state index in [1.54, 1.807) is 24.6 Å². The summed E-state index contributed by atoms with van der Waals surface area (Å²) in [6.45, 7) is 1.14. The summed E-state index contributed by atoms with van der Waals surface area (Å²) in [5, 5.41) is 3.21. The van der Waals surface area contributed by atoms with E-state index in [-0.39, 0.29) is 11.2 Å². The molecular formula is C12H14BrN3O2S. The highest BCUT2D eigenvalue weighted by Crippen LogP contribution is 2.21. The monoisotopic (exact) mass is 343 g/mol. The van der Waals surface area contributed by atoms with Gasteiger partial charge in [0.15, 0.2) is 0 Å². The van der Waals surface area contributed by atoms with E-state index in [4.69, 9.17) is 0 Å². The zero-order chi connectivity index (χ0) is 14.0. The molecule has 7 heteroatoms. The molecule has 0 fully saturated rings. The minimum atomic E-state index is -0.309. The molecule has 0 aliphatic heterocycles. The summed E-state index contributed by atoms with van der Waals surface area (Å²) in [4.78, 5) is 24.6. The molecule has 19 heavy (non-hydrogen) atoms. The number of rotatable bonds is 4. The lowest BCUT2D eigenvalue weighted by Crippen LogP contribution is -2.39. The first-order valence-corrected chi connectivity index (χ1v) is 7.30. The standard InChI is InChI=1S/C12H14BrN3O2S/c1-15-7-8(11(17)16(2)12(15)18)5-14-6-9-3-4-10(13)19-9/h3-4,7,14H,5-6H2,1-2H3. The number of halogens is 1. The number of hydrogen-bond donors (Lipinski definition) is 1. The molecule has 2 aromatic heterocycles. The van der Waals surface area contributed by atoms with E-state index in [0.29, 0.717) is 18.7 Å². The Morgan fingerprint density at radius 2 is 2.00 bits per heavy atom. The minimum Gasteiger partial charge on any atom is -0.308 e. The molecule has 0 aliphatic rings. The third-order valence-corrected chi connectivity index (χ3v) is 4.38. The topological polar surface area (TPSA) is 56.0 Å². The van der Waals surface area contributed by atoms with Gasteiger partial charge in [-0.05, 0) is 28.1 Å². The van der Waals surface area contributed by atoms with Gasteiger partial charge in [-0.15, -0.1) is 11.3 Å². The van der Waals surface area contributed by atoms with Crippen LogP contribution in [0.3, 0.4) is 0 Å². The molecule has 0 bridgehead atoms. The fourth-order valence-corrected chi connectivity index (χ4v) is 3.22. The lowest BCUT2D eigenvalue weighted by molar-refractivity contribution is 0.633. The van der Waals surface area contributed by atoms with Crippen molar-refractivity contribution in [3.8, 4) is 0 Å². The van der Waals surface area contributed by atoms with Crippen LogP contribution in [-0.4, -0.2) is 9.13 Å². The van der Waals surface area contributed by atoms with E-state index in [0.717, 1.165) is 8.35 Å². The molecule has 2 rings (SSSR count). The quantitative estimate of drug-likeness (QED) is 0.907. The van der Waals surface area contributed by atoms with Gasteiger partial charge in [-0.2, -0.15) is 0 Å². The Labute approximate surface area is 122 Å². The molecule has 2 heterocycles. The number of aromatic nitrogens is 2. The molecule has 0 saturated heterocycles. The number of nitrogens with zero attached hydrogens (tertiary/aromatic N) is 2. The molecule has 5 nitrogen and oxygen atoms in total. The Bertz CT molecular complexity index is 702. The summed E-state index contributed by atoms with van der Waals surface area (Å²) in [6.07, 6.45) is 1.59. The number of thiophene rings is 1. The van der Waals surface area contributed by atoms with Gasteiger partial charge < -0.3 is 9.88 Å². The van der Waals surface area contributed by atoms with Crippen molar-refractivity contribution in [1.82, 2.24) is 14.5 Å². The number of hydrogen-bond acceptors (Lipinski definition) is 4. The second kappa shape index (κ2) is 5.85. The van der Waals surface area contributed by atoms with Crippen molar-refractivity contribution >= 4 is 27.3 Å². The predicted octanol–water partition coefficient (Wildman–Crippen LogP) is 1.20. The van der Waals surface area contributed by atoms with Crippen LogP contribution in [0, 0.1) is 0 Å². The Morgan fingerprint density at radius 3 is 2.63 bits per heavy atom. The van der Waals surface area contributed by atoms with Crippen molar-refractivity contribution in [1.29, 1.82) is 0 Å². The van der Waals surface area contributed by atoms with Gasteiger partial charge in [0.2, 0.25) is 0 Å². The smallest absolute Gasteiger partial charge is 0.308 e. The maximum absolute atomic E-state index is 11.9. The Kier molecular flexibility index (Phi) is 4.38. The Balaban J connectivity index is 2.08. The Hall–Kier alpha value is -1.18. The van der Waals surface area contributed by atoms with Crippen molar-refractivity contribution in [3.63, 3.8) is 0 Å². The van der Waals surface area contributed by atoms with Crippen LogP contribution in [0.25, 0.3) is 0 Å². The summed E-state index contributed by atoms with van der Waals surface area (Å²) in [5.41, 5.74) is 0.0270. The second-order valence-electron chi connectivity index (χ2n) is 4.22. The van der Waals surface area contributed by atoms with E-state index in [1.807, 2.05) is 12.1 Å². The molecule has 102 valence electrons. The lowest BCUT2D eigenvalue weighted by atomic mass is 10.3. The maximum Gasteiger partial charge on any atom is 0.330 e. The first-order chi connectivity index (χ1) is 8.99. The average molecular weight is 344 g/mol. The molecule has 0 spiro atoms. The predicted molar refractivity (Wildman–Crippen MR) is 79.5 cm³/mol. The van der Waals surface area contributed by atoms with Crippen LogP contribution in [0.1, 0.15) is 10.4 Å². The maximum atomic E-state index is 11.9. The number of aryl methyl sites for hydroxylation is 1. The summed E-state index contributed by atoms with van der Waals surface area (Å²) < 4.78 is 3.63. The van der Waals surface area contributed by atoms with Gasteiger partial charge in [-0.1, -0.05) is 0 Å². The van der Waals surface area contributed by atoms with Gasteiger partial charge in [0.25, 0.3) is 5.56 Å². The molecule has 0 radical (unpaired) electrons. The van der Waals surface area contributed by atoms with E-state index in [1.165, 1.54) is 16.5 Å². The third kappa shape index (κ3) is 3.23. The van der Waals surface area contributed by atoms with Gasteiger partial charge in [0.1, 0.15) is 0 Å². The fraction of sp³-hybridized carbons (Fsp3) is 0.333. The van der Waals surface area contributed by atoms with Crippen molar-refractivity contribution in [2.24, 2.45) is 14.1 Å². The van der Waals surface area contributed by atoms with Gasteiger partial charge in [-0.3, -0.25) is 9.36 Å². The SMILES string of the molecule is Cn1cc(CNCc2ccc(Br)s2)c(=O)n(C)c1=O. The fourth-order valence-electron chi connectivity index (χ4n) is 1.77. The van der Waals surface area contributed by atoms with E-state index >= 15 is 0 Å². The Morgan fingerprint density at radius 1 is 1.26 bits per heavy atom. The van der Waals surface area contributed by atoms with Crippen LogP contribution in [0.4, 0.5) is 0 Å². The van der Waals surface area contributed by atoms with Crippen LogP contribution in [-0.2, 0) is 27.2 Å². The van der Waals surface area contributed by atoms with Gasteiger partial charge in [-0.25, -0.2) is 4.79 Å².